The van der Waals surface area contributed by atoms with E-state index in [4.69, 9.17) is 0 Å². The van der Waals surface area contributed by atoms with Crippen molar-refractivity contribution >= 4 is 16.9 Å². The third-order valence-corrected chi connectivity index (χ3v) is 4.88. The van der Waals surface area contributed by atoms with Crippen LogP contribution in [0.15, 0.2) is 18.5 Å². The van der Waals surface area contributed by atoms with Crippen LogP contribution >= 0.6 is 0 Å². The monoisotopic (exact) mass is 299 g/mol. The zero-order valence-electron chi connectivity index (χ0n) is 13.8. The van der Waals surface area contributed by atoms with Gasteiger partial charge in [-0.2, -0.15) is 0 Å². The molecule has 4 nitrogen and oxygen atoms in total. The molecular formula is C18H25N3O. The molecule has 4 heteroatoms. The molecule has 0 bridgehead atoms. The number of aryl methyl sites for hydroxylation is 2. The molecule has 0 saturated carbocycles. The minimum absolute atomic E-state index is 0.190. The summed E-state index contributed by atoms with van der Waals surface area (Å²) in [6.45, 7) is 7.98. The zero-order valence-corrected chi connectivity index (χ0v) is 13.8. The van der Waals surface area contributed by atoms with Crippen LogP contribution in [0.1, 0.15) is 49.8 Å². The van der Waals surface area contributed by atoms with Crippen molar-refractivity contribution in [2.24, 2.45) is 0 Å². The molecule has 1 aromatic heterocycles. The van der Waals surface area contributed by atoms with Gasteiger partial charge in [0.05, 0.1) is 17.4 Å². The number of likely N-dealkylation sites (tertiary alicyclic amines) is 1. The van der Waals surface area contributed by atoms with Crippen molar-refractivity contribution in [1.82, 2.24) is 14.5 Å². The molecule has 0 unspecified atom stereocenters. The molecule has 0 spiro atoms. The Bertz CT molecular complexity index is 681. The largest absolute Gasteiger partial charge is 0.341 e. The Balaban J connectivity index is 1.89. The Hall–Kier alpha value is -1.84. The first-order chi connectivity index (χ1) is 10.6. The summed E-state index contributed by atoms with van der Waals surface area (Å²) in [5, 5.41) is 0. The first-order valence-corrected chi connectivity index (χ1v) is 8.30. The molecular weight excluding hydrogens is 274 g/mol. The normalized spacial score (nSPS) is 17.5. The van der Waals surface area contributed by atoms with Crippen molar-refractivity contribution in [2.45, 2.75) is 52.5 Å². The second kappa shape index (κ2) is 6.11. The fraction of sp³-hybridized carbons (Fsp3) is 0.556. The van der Waals surface area contributed by atoms with E-state index in [9.17, 15) is 4.79 Å². The minimum atomic E-state index is -0.190. The maximum Gasteiger partial charge on any atom is 0.245 e. The number of aromatic nitrogens is 2. The first-order valence-electron chi connectivity index (χ1n) is 8.30. The van der Waals surface area contributed by atoms with E-state index in [0.29, 0.717) is 0 Å². The van der Waals surface area contributed by atoms with E-state index >= 15 is 0 Å². The van der Waals surface area contributed by atoms with E-state index in [1.54, 1.807) is 0 Å². The van der Waals surface area contributed by atoms with Gasteiger partial charge in [-0.1, -0.05) is 12.8 Å². The molecule has 2 aromatic rings. The average molecular weight is 299 g/mol. The zero-order chi connectivity index (χ0) is 15.7. The summed E-state index contributed by atoms with van der Waals surface area (Å²) in [5.41, 5.74) is 4.50. The molecule has 118 valence electrons. The van der Waals surface area contributed by atoms with Crippen molar-refractivity contribution in [1.29, 1.82) is 0 Å². The van der Waals surface area contributed by atoms with Crippen LogP contribution < -0.4 is 0 Å². The topological polar surface area (TPSA) is 38.1 Å². The van der Waals surface area contributed by atoms with Gasteiger partial charge in [-0.05, 0) is 56.9 Å². The molecule has 3 rings (SSSR count). The number of fused-ring (bicyclic) bond motifs is 1. The van der Waals surface area contributed by atoms with Gasteiger partial charge in [-0.25, -0.2) is 4.98 Å². The van der Waals surface area contributed by atoms with Gasteiger partial charge in [0.1, 0.15) is 6.04 Å². The quantitative estimate of drug-likeness (QED) is 0.849. The van der Waals surface area contributed by atoms with Crippen molar-refractivity contribution in [2.75, 3.05) is 13.1 Å². The van der Waals surface area contributed by atoms with E-state index < -0.39 is 0 Å². The molecule has 0 radical (unpaired) electrons. The summed E-state index contributed by atoms with van der Waals surface area (Å²) in [6.07, 6.45) is 6.54. The maximum atomic E-state index is 12.8. The van der Waals surface area contributed by atoms with Crippen molar-refractivity contribution in [3.63, 3.8) is 0 Å². The van der Waals surface area contributed by atoms with Gasteiger partial charge >= 0.3 is 0 Å². The molecule has 1 saturated heterocycles. The fourth-order valence-electron chi connectivity index (χ4n) is 3.27. The predicted molar refractivity (Wildman–Crippen MR) is 89.0 cm³/mol. The number of benzene rings is 1. The molecule has 1 amide bonds. The molecule has 1 fully saturated rings. The summed E-state index contributed by atoms with van der Waals surface area (Å²) in [7, 11) is 0. The second-order valence-corrected chi connectivity index (χ2v) is 6.49. The lowest BCUT2D eigenvalue weighted by molar-refractivity contribution is -0.134. The molecule has 0 aliphatic carbocycles. The highest BCUT2D eigenvalue weighted by molar-refractivity contribution is 5.84. The maximum absolute atomic E-state index is 12.8. The first kappa shape index (κ1) is 15.1. The Morgan fingerprint density at radius 3 is 2.41 bits per heavy atom. The summed E-state index contributed by atoms with van der Waals surface area (Å²) in [6, 6.07) is 4.05. The van der Waals surface area contributed by atoms with E-state index in [1.165, 1.54) is 24.0 Å². The van der Waals surface area contributed by atoms with E-state index in [2.05, 4.69) is 31.0 Å². The lowest BCUT2D eigenvalue weighted by atomic mass is 10.1. The highest BCUT2D eigenvalue weighted by Gasteiger charge is 2.23. The number of imidazole rings is 1. The average Bonchev–Trinajstić information content (AvgIpc) is 2.74. The third-order valence-electron chi connectivity index (χ3n) is 4.88. The van der Waals surface area contributed by atoms with Crippen LogP contribution in [0.4, 0.5) is 0 Å². The number of amides is 1. The van der Waals surface area contributed by atoms with Crippen molar-refractivity contribution in [3.05, 3.63) is 29.6 Å². The van der Waals surface area contributed by atoms with Crippen LogP contribution in [0, 0.1) is 13.8 Å². The number of rotatable bonds is 2. The van der Waals surface area contributed by atoms with Crippen LogP contribution in [-0.2, 0) is 4.79 Å². The molecule has 0 N–H and O–H groups in total. The van der Waals surface area contributed by atoms with Crippen LogP contribution in [-0.4, -0.2) is 33.4 Å². The number of hydrogen-bond donors (Lipinski definition) is 0. The fourth-order valence-corrected chi connectivity index (χ4v) is 3.27. The Morgan fingerprint density at radius 2 is 1.73 bits per heavy atom. The van der Waals surface area contributed by atoms with Gasteiger partial charge < -0.3 is 9.47 Å². The van der Waals surface area contributed by atoms with Gasteiger partial charge in [0, 0.05) is 13.1 Å². The van der Waals surface area contributed by atoms with Gasteiger partial charge in [0.25, 0.3) is 0 Å². The van der Waals surface area contributed by atoms with E-state index in [1.807, 2.05) is 22.7 Å². The highest BCUT2D eigenvalue weighted by Crippen LogP contribution is 2.23. The van der Waals surface area contributed by atoms with E-state index in [0.717, 1.165) is 37.0 Å². The number of hydrogen-bond acceptors (Lipinski definition) is 2. The van der Waals surface area contributed by atoms with Gasteiger partial charge in [0.2, 0.25) is 5.91 Å². The Kier molecular flexibility index (Phi) is 4.19. The summed E-state index contributed by atoms with van der Waals surface area (Å²) < 4.78 is 2.02. The number of carbonyl (C=O) groups excluding carboxylic acids is 1. The van der Waals surface area contributed by atoms with Gasteiger partial charge in [-0.3, -0.25) is 4.79 Å². The predicted octanol–water partition coefficient (Wildman–Crippen LogP) is 3.62. The SMILES string of the molecule is Cc1cc2ncn([C@@H](C)C(=O)N3CCCCCC3)c2cc1C. The smallest absolute Gasteiger partial charge is 0.245 e. The molecule has 22 heavy (non-hydrogen) atoms. The van der Waals surface area contributed by atoms with Crippen LogP contribution in [0.5, 0.6) is 0 Å². The summed E-state index contributed by atoms with van der Waals surface area (Å²) in [5.74, 6) is 0.222. The second-order valence-electron chi connectivity index (χ2n) is 6.49. The lowest BCUT2D eigenvalue weighted by Crippen LogP contribution is -2.36. The molecule has 2 heterocycles. The van der Waals surface area contributed by atoms with E-state index in [-0.39, 0.29) is 11.9 Å². The van der Waals surface area contributed by atoms with Crippen molar-refractivity contribution in [3.8, 4) is 0 Å². The summed E-state index contributed by atoms with van der Waals surface area (Å²) >= 11 is 0. The number of nitrogens with zero attached hydrogens (tertiary/aromatic N) is 3. The van der Waals surface area contributed by atoms with Crippen molar-refractivity contribution < 1.29 is 4.79 Å². The summed E-state index contributed by atoms with van der Waals surface area (Å²) in [4.78, 5) is 19.3. The molecule has 1 aliphatic heterocycles. The molecule has 1 atom stereocenters. The highest BCUT2D eigenvalue weighted by atomic mass is 16.2. The standard InChI is InChI=1S/C18H25N3O/c1-13-10-16-17(11-14(13)2)21(12-19-16)15(3)18(22)20-8-6-4-5-7-9-20/h10-12,15H,4-9H2,1-3H3/t15-/m0/s1. The van der Waals surface area contributed by atoms with Gasteiger partial charge in [-0.15, -0.1) is 0 Å². The van der Waals surface area contributed by atoms with Crippen LogP contribution in [0.3, 0.4) is 0 Å². The minimum Gasteiger partial charge on any atom is -0.341 e. The third kappa shape index (κ3) is 2.74. The molecule has 1 aromatic carbocycles. The Labute approximate surface area is 132 Å². The molecule has 1 aliphatic rings. The van der Waals surface area contributed by atoms with Crippen LogP contribution in [0.2, 0.25) is 0 Å². The Morgan fingerprint density at radius 1 is 1.09 bits per heavy atom. The van der Waals surface area contributed by atoms with Crippen LogP contribution in [0.25, 0.3) is 11.0 Å². The lowest BCUT2D eigenvalue weighted by Gasteiger charge is -2.25. The number of carbonyl (C=O) groups is 1. The van der Waals surface area contributed by atoms with Gasteiger partial charge in [0.15, 0.2) is 0 Å².